The van der Waals surface area contributed by atoms with Crippen molar-refractivity contribution in [3.63, 3.8) is 0 Å². The Hall–Kier alpha value is -9.21. The number of hydrogen-bond acceptors (Lipinski definition) is 9. The summed E-state index contributed by atoms with van der Waals surface area (Å²) < 4.78 is 34.1. The van der Waals surface area contributed by atoms with Crippen molar-refractivity contribution in [3.8, 4) is 81.3 Å². The van der Waals surface area contributed by atoms with Crippen molar-refractivity contribution in [1.82, 2.24) is 19.9 Å². The van der Waals surface area contributed by atoms with Gasteiger partial charge in [0.15, 0.2) is 11.5 Å². The smallest absolute Gasteiger partial charge is 0.178 e. The van der Waals surface area contributed by atoms with Crippen LogP contribution in [0.3, 0.4) is 0 Å². The van der Waals surface area contributed by atoms with Gasteiger partial charge in [0.1, 0.15) is 23.0 Å². The Bertz CT molecular complexity index is 4400. The van der Waals surface area contributed by atoms with Crippen molar-refractivity contribution in [2.75, 3.05) is 37.9 Å². The van der Waals surface area contributed by atoms with E-state index in [1.807, 2.05) is 17.8 Å². The highest BCUT2D eigenvalue weighted by Crippen LogP contribution is 2.50. The maximum absolute atomic E-state index is 7.01. The lowest BCUT2D eigenvalue weighted by molar-refractivity contribution is 0.292. The maximum atomic E-state index is 7.01. The topological polar surface area (TPSA) is 111 Å². The lowest BCUT2D eigenvalue weighted by Crippen LogP contribution is -2.22. The zero-order valence-corrected chi connectivity index (χ0v) is 64.2. The van der Waals surface area contributed by atoms with Crippen LogP contribution in [0.1, 0.15) is 278 Å². The van der Waals surface area contributed by atoms with E-state index in [1.54, 1.807) is 6.07 Å². The zero-order chi connectivity index (χ0) is 72.6. The summed E-state index contributed by atoms with van der Waals surface area (Å²) >= 11 is 1.84. The number of ether oxygens (including phenoxy) is 4. The summed E-state index contributed by atoms with van der Waals surface area (Å²) in [5.41, 5.74) is 14.0. The molecule has 8 aromatic rings. The molecule has 7 heterocycles. The third-order valence-corrected chi connectivity index (χ3v) is 21.1. The molecule has 3 aliphatic rings. The van der Waals surface area contributed by atoms with E-state index in [0.29, 0.717) is 60.6 Å². The fourth-order valence-electron chi connectivity index (χ4n) is 14.2. The minimum atomic E-state index is 0.406. The summed E-state index contributed by atoms with van der Waals surface area (Å²) in [7, 11) is 0. The zero-order valence-electron chi connectivity index (χ0n) is 63.4. The number of rotatable bonds is 41. The van der Waals surface area contributed by atoms with Gasteiger partial charge < -0.3 is 38.2 Å². The normalized spacial score (nSPS) is 11.9. The molecule has 0 saturated heterocycles. The Morgan fingerprint density at radius 1 is 0.371 bits per heavy atom. The number of aromatic amines is 2. The molecule has 11 heteroatoms. The van der Waals surface area contributed by atoms with Crippen molar-refractivity contribution in [2.24, 2.45) is 0 Å². The van der Waals surface area contributed by atoms with Gasteiger partial charge in [0.2, 0.25) is 0 Å². The third kappa shape index (κ3) is 21.3. The molecule has 0 amide bonds. The Labute approximate surface area is 631 Å². The van der Waals surface area contributed by atoms with Gasteiger partial charge in [0, 0.05) is 44.1 Å². The predicted octanol–water partition coefficient (Wildman–Crippen LogP) is 26.3. The monoisotopic (exact) mass is 1420 g/mol. The highest BCUT2D eigenvalue weighted by Gasteiger charge is 2.27. The van der Waals surface area contributed by atoms with Gasteiger partial charge in [0.05, 0.1) is 93.9 Å². The van der Waals surface area contributed by atoms with Crippen molar-refractivity contribution in [1.29, 1.82) is 0 Å². The van der Waals surface area contributed by atoms with Crippen molar-refractivity contribution < 1.29 is 23.4 Å². The van der Waals surface area contributed by atoms with E-state index in [0.717, 1.165) is 148 Å². The number of unbranched alkanes of at least 4 members (excludes halogenated alkanes) is 25. The highest BCUT2D eigenvalue weighted by atomic mass is 32.2. The molecular weight excluding hydrogens is 1310 g/mol. The minimum Gasteiger partial charge on any atom is -0.493 e. The van der Waals surface area contributed by atoms with E-state index in [2.05, 4.69) is 207 Å². The molecule has 105 heavy (non-hydrogen) atoms. The minimum absolute atomic E-state index is 0.406. The van der Waals surface area contributed by atoms with Gasteiger partial charge in [-0.1, -0.05) is 249 Å². The van der Waals surface area contributed by atoms with Crippen LogP contribution in [-0.2, 0) is 0 Å². The van der Waals surface area contributed by atoms with E-state index in [-0.39, 0.29) is 0 Å². The second kappa shape index (κ2) is 41.5. The number of nitrogens with one attached hydrogen (secondary N) is 2. The number of terminal acetylenes is 1. The fourth-order valence-corrected chi connectivity index (χ4v) is 15.3. The van der Waals surface area contributed by atoms with Crippen molar-refractivity contribution in [2.45, 2.75) is 237 Å². The van der Waals surface area contributed by atoms with Crippen LogP contribution in [0, 0.1) is 36.0 Å². The molecule has 4 aromatic heterocycles. The SMILES string of the molecule is C#Cc1ccc(C#Cc2c3nc(c(-c4c(OCCCCCCCC)cccc4OCCCCCCCC)c4ccc([nH]4)c(C#Cc4ccc5c(c4)N(CCCCCCCC)c4ccccc4S5)c4nc(c(-c5c(OCCCCCCCC)cccc5OCCCCCCCC)c5ccc2[nH]5)C=C4)C=C3)o1. The van der Waals surface area contributed by atoms with Crippen LogP contribution in [-0.4, -0.2) is 52.9 Å². The first kappa shape index (κ1) is 76.9. The van der Waals surface area contributed by atoms with Gasteiger partial charge in [-0.25, -0.2) is 9.97 Å². The molecule has 0 spiro atoms. The van der Waals surface area contributed by atoms with E-state index in [4.69, 9.17) is 39.8 Å². The van der Waals surface area contributed by atoms with Crippen LogP contribution in [0.4, 0.5) is 11.4 Å². The van der Waals surface area contributed by atoms with Crippen LogP contribution < -0.4 is 23.8 Å². The van der Waals surface area contributed by atoms with Crippen LogP contribution in [0.2, 0.25) is 0 Å². The summed E-state index contributed by atoms with van der Waals surface area (Å²) in [6.07, 6.45) is 49.1. The second-order valence-corrected chi connectivity index (χ2v) is 29.3. The highest BCUT2D eigenvalue weighted by molar-refractivity contribution is 7.99. The van der Waals surface area contributed by atoms with Gasteiger partial charge in [-0.05, 0) is 159 Å². The molecule has 0 atom stereocenters. The van der Waals surface area contributed by atoms with E-state index in [9.17, 15) is 0 Å². The molecule has 0 radical (unpaired) electrons. The fraction of sp³-hybridized carbons (Fsp3) is 0.426. The number of aromatic nitrogens is 4. The maximum Gasteiger partial charge on any atom is 0.178 e. The Morgan fingerprint density at radius 2 is 0.771 bits per heavy atom. The Kier molecular flexibility index (Phi) is 30.4. The summed E-state index contributed by atoms with van der Waals surface area (Å²) in [6, 6.07) is 40.1. The number of hydrogen-bond donors (Lipinski definition) is 2. The number of benzene rings is 4. The molecule has 2 N–H and O–H groups in total. The first-order valence-corrected chi connectivity index (χ1v) is 40.9. The van der Waals surface area contributed by atoms with Crippen LogP contribution in [0.25, 0.3) is 68.6 Å². The number of H-pyrrole nitrogens is 2. The van der Waals surface area contributed by atoms with E-state index < -0.39 is 0 Å². The summed E-state index contributed by atoms with van der Waals surface area (Å²) in [5, 5.41) is 0. The van der Waals surface area contributed by atoms with Crippen molar-refractivity contribution in [3.05, 3.63) is 166 Å². The molecule has 548 valence electrons. The van der Waals surface area contributed by atoms with Gasteiger partial charge in [-0.2, -0.15) is 0 Å². The lowest BCUT2D eigenvalue weighted by atomic mass is 10.0. The van der Waals surface area contributed by atoms with E-state index >= 15 is 0 Å². The first-order valence-electron chi connectivity index (χ1n) is 40.1. The molecule has 0 saturated carbocycles. The predicted molar refractivity (Wildman–Crippen MR) is 441 cm³/mol. The average molecular weight is 1420 g/mol. The molecule has 11 rings (SSSR count). The lowest BCUT2D eigenvalue weighted by Gasteiger charge is -2.33. The molecule has 3 aliphatic heterocycles. The van der Waals surface area contributed by atoms with Gasteiger partial charge in [-0.15, -0.1) is 6.42 Å². The molecule has 4 aromatic carbocycles. The number of anilines is 2. The Balaban J connectivity index is 1.16. The second-order valence-electron chi connectivity index (χ2n) is 28.2. The third-order valence-electron chi connectivity index (χ3n) is 20.0. The standard InChI is InChI=1S/C94H111N5O5S/c1-7-13-18-23-28-35-64-99-83-42-33-34-47-89(83)105-90-63-49-70(69-84(90)99)48-53-73-75-55-59-79(95-75)91(93-85(100-65-36-29-24-19-14-8-2)43-40-44-86(93)101-66-37-30-25-20-15-9-3)81-61-57-77(97-81)74(54-52-72-51-50-71(12-6)104-72)78-58-62-82(98-78)92(80-60-56-76(73)96-80)94-87(102-67-38-31-26-21-16-10-4)45-41-46-88(94)103-68-39-32-27-22-17-11-5/h6,33-34,40-47,49-51,55-63,69,95,98H,7-11,13-32,35-39,64-68H2,1-5H3. The molecular formula is C94H111N5O5S. The molecule has 0 aliphatic carbocycles. The summed E-state index contributed by atoms with van der Waals surface area (Å²) in [4.78, 5) is 24.4. The molecule has 0 unspecified atom stereocenters. The van der Waals surface area contributed by atoms with Gasteiger partial charge in [0.25, 0.3) is 0 Å². The number of nitrogens with zero attached hydrogens (tertiary/aromatic N) is 3. The number of furan rings is 1. The summed E-state index contributed by atoms with van der Waals surface area (Å²) in [5.74, 6) is 20.9. The first-order chi connectivity index (χ1) is 51.9. The van der Waals surface area contributed by atoms with E-state index in [1.165, 1.54) is 156 Å². The van der Waals surface area contributed by atoms with Crippen LogP contribution >= 0.6 is 11.8 Å². The van der Waals surface area contributed by atoms with Crippen molar-refractivity contribution >= 4 is 69.5 Å². The van der Waals surface area contributed by atoms with Gasteiger partial charge >= 0.3 is 0 Å². The summed E-state index contributed by atoms with van der Waals surface area (Å²) in [6.45, 7) is 14.5. The quantitative estimate of drug-likeness (QED) is 0.0286. The largest absolute Gasteiger partial charge is 0.493 e. The molecule has 0 fully saturated rings. The average Bonchev–Trinajstić information content (AvgIpc) is 1.75. The van der Waals surface area contributed by atoms with Crippen LogP contribution in [0.5, 0.6) is 23.0 Å². The molecule has 8 bridgehead atoms. The number of para-hydroxylation sites is 1. The Morgan fingerprint density at radius 3 is 1.23 bits per heavy atom. The molecule has 10 nitrogen and oxygen atoms in total. The number of fused-ring (bicyclic) bond motifs is 10. The van der Waals surface area contributed by atoms with Crippen LogP contribution in [0.15, 0.2) is 129 Å². The van der Waals surface area contributed by atoms with Gasteiger partial charge in [-0.3, -0.25) is 0 Å².